The number of rotatable bonds is 45. The Balaban J connectivity index is 2.35. The first-order valence-corrected chi connectivity index (χ1v) is 27.5. The molecule has 0 aromatic rings. The predicted octanol–water partition coefficient (Wildman–Crippen LogP) is 10.8. The third-order valence-corrected chi connectivity index (χ3v) is 13.6. The van der Waals surface area contributed by atoms with Crippen LogP contribution in [0.5, 0.6) is 0 Å². The van der Waals surface area contributed by atoms with E-state index >= 15 is 0 Å². The van der Waals surface area contributed by atoms with Gasteiger partial charge in [0.1, 0.15) is 12.6 Å². The van der Waals surface area contributed by atoms with Gasteiger partial charge >= 0.3 is 25.7 Å². The van der Waals surface area contributed by atoms with E-state index in [1.165, 1.54) is 109 Å². The van der Waals surface area contributed by atoms with E-state index in [1.807, 2.05) is 6.08 Å². The molecule has 1 aliphatic carbocycles. The highest BCUT2D eigenvalue weighted by Crippen LogP contribution is 2.43. The summed E-state index contributed by atoms with van der Waals surface area (Å²) < 4.78 is 32.9. The molecule has 1 saturated carbocycles. The molecule has 1 fully saturated rings. The third kappa shape index (κ3) is 34.1. The molecule has 0 aromatic carbocycles. The molecule has 0 aliphatic heterocycles. The number of unbranched alkanes of at least 4 members (excludes halogenated alkanes) is 25. The molecule has 0 spiro atoms. The van der Waals surface area contributed by atoms with Gasteiger partial charge in [-0.1, -0.05) is 193 Å². The lowest BCUT2D eigenvalue weighted by molar-refractivity contribution is -0.161. The van der Waals surface area contributed by atoms with Gasteiger partial charge in [-0.3, -0.25) is 23.4 Å². The number of phosphoric acid groups is 1. The maximum Gasteiger partial charge on any atom is 0.472 e. The Kier molecular flexibility index (Phi) is 37.6. The molecule has 0 saturated heterocycles. The molecule has 15 heteroatoms. The smallest absolute Gasteiger partial charge is 0.472 e. The van der Waals surface area contributed by atoms with E-state index in [0.717, 1.165) is 51.4 Å². The van der Waals surface area contributed by atoms with Crippen molar-refractivity contribution >= 4 is 25.7 Å². The van der Waals surface area contributed by atoms with Crippen LogP contribution in [-0.2, 0) is 37.5 Å². The number of aliphatic hydroxyl groups is 3. The molecule has 0 aromatic heterocycles. The van der Waals surface area contributed by atoms with Crippen LogP contribution in [0.4, 0.5) is 0 Å². The number of esters is 2. The van der Waals surface area contributed by atoms with Crippen LogP contribution in [0.1, 0.15) is 226 Å². The molecule has 0 amide bonds. The van der Waals surface area contributed by atoms with Crippen LogP contribution < -0.4 is 5.73 Å². The van der Waals surface area contributed by atoms with Crippen LogP contribution in [-0.4, -0.2) is 93.5 Å². The van der Waals surface area contributed by atoms with E-state index < -0.39 is 76.0 Å². The Bertz CT molecular complexity index is 1270. The van der Waals surface area contributed by atoms with E-state index in [9.17, 15) is 39.2 Å². The van der Waals surface area contributed by atoms with Crippen molar-refractivity contribution in [3.63, 3.8) is 0 Å². The molecule has 0 heterocycles. The molecule has 382 valence electrons. The summed E-state index contributed by atoms with van der Waals surface area (Å²) in [7, 11) is -4.78. The van der Waals surface area contributed by atoms with E-state index in [4.69, 9.17) is 24.8 Å². The summed E-state index contributed by atoms with van der Waals surface area (Å²) in [5.74, 6) is -2.88. The van der Waals surface area contributed by atoms with Gasteiger partial charge in [0.25, 0.3) is 0 Å². The number of aliphatic hydroxyl groups excluding tert-OH is 3. The fraction of sp³-hybridized carbons (Fsp3) is 0.900. The largest absolute Gasteiger partial charge is 0.480 e. The van der Waals surface area contributed by atoms with Gasteiger partial charge in [0, 0.05) is 25.2 Å². The summed E-state index contributed by atoms with van der Waals surface area (Å²) >= 11 is 0. The number of phosphoric ester groups is 1. The number of carbonyl (C=O) groups excluding carboxylic acids is 2. The Labute approximate surface area is 393 Å². The molecule has 1 aliphatic rings. The number of carboxylic acids is 1. The molecule has 1 unspecified atom stereocenters. The normalized spacial score (nSPS) is 19.9. The van der Waals surface area contributed by atoms with Crippen molar-refractivity contribution in [2.24, 2.45) is 17.6 Å². The second kappa shape index (κ2) is 40.0. The van der Waals surface area contributed by atoms with E-state index in [0.29, 0.717) is 38.5 Å². The summed E-state index contributed by atoms with van der Waals surface area (Å²) in [6, 6.07) is -1.56. The predicted molar refractivity (Wildman–Crippen MR) is 256 cm³/mol. The number of nitrogens with two attached hydrogens (primary N) is 1. The van der Waals surface area contributed by atoms with Crippen LogP contribution in [0.2, 0.25) is 0 Å². The van der Waals surface area contributed by atoms with Crippen molar-refractivity contribution in [1.82, 2.24) is 0 Å². The van der Waals surface area contributed by atoms with Crippen LogP contribution in [0.3, 0.4) is 0 Å². The van der Waals surface area contributed by atoms with Gasteiger partial charge in [-0.05, 0) is 31.6 Å². The van der Waals surface area contributed by atoms with Gasteiger partial charge in [0.05, 0.1) is 31.5 Å². The molecule has 1 rings (SSSR count). The minimum atomic E-state index is -4.78. The lowest BCUT2D eigenvalue weighted by Crippen LogP contribution is -2.34. The number of carbonyl (C=O) groups is 3. The summed E-state index contributed by atoms with van der Waals surface area (Å²) in [6.45, 7) is 2.54. The number of carboxylic acid groups (broad SMARTS) is 1. The Morgan fingerprint density at radius 2 is 1.08 bits per heavy atom. The van der Waals surface area contributed by atoms with Gasteiger partial charge in [0.15, 0.2) is 6.10 Å². The summed E-state index contributed by atoms with van der Waals surface area (Å²) in [4.78, 5) is 46.4. The van der Waals surface area contributed by atoms with Gasteiger partial charge in [0.2, 0.25) is 0 Å². The standard InChI is InChI=1S/C50H94NO13P/c1-3-5-7-8-9-10-11-12-13-14-15-16-17-18-19-20-21-22-23-24-29-33-48(55)61-38-42(39-62-65(59,60)63-40-45(51)50(57)58)64-49(56)34-30-26-25-28-32-43-44(47(54)37-46(43)53)36-35-41(52)31-27-6-4-2/h35-36,41-47,52-54H,3-34,37-40,51H2,1-2H3,(H,57,58)(H,59,60)/b36-35+/t41-,42+,43+,44+,45-,46-,47+/m0/s1. The molecule has 8 atom stereocenters. The lowest BCUT2D eigenvalue weighted by atomic mass is 9.88. The number of aliphatic carboxylic acids is 1. The van der Waals surface area contributed by atoms with Crippen molar-refractivity contribution in [3.05, 3.63) is 12.2 Å². The maximum atomic E-state index is 12.8. The van der Waals surface area contributed by atoms with E-state index in [1.54, 1.807) is 6.08 Å². The van der Waals surface area contributed by atoms with Crippen molar-refractivity contribution in [1.29, 1.82) is 0 Å². The summed E-state index contributed by atoms with van der Waals surface area (Å²) in [5, 5.41) is 40.4. The monoisotopic (exact) mass is 948 g/mol. The molecule has 0 bridgehead atoms. The quantitative estimate of drug-likeness (QED) is 0.0144. The first kappa shape index (κ1) is 61.1. The molecular formula is C50H94NO13P. The SMILES string of the molecule is CCCCCCCCCCCCCCCCCCCCCCCC(=O)OC[C@H](COP(=O)(O)OC[C@H](N)C(=O)O)OC(=O)CCCCCC[C@@H]1[C@@H](/C=C/[C@@H](O)CCCCC)[C@H](O)C[C@@H]1O. The van der Waals surface area contributed by atoms with Crippen LogP contribution in [0, 0.1) is 11.8 Å². The van der Waals surface area contributed by atoms with Gasteiger partial charge in [-0.15, -0.1) is 0 Å². The molecule has 7 N–H and O–H groups in total. The molecule has 0 radical (unpaired) electrons. The average Bonchev–Trinajstić information content (AvgIpc) is 3.54. The van der Waals surface area contributed by atoms with Crippen molar-refractivity contribution in [2.45, 2.75) is 256 Å². The molecule has 14 nitrogen and oxygen atoms in total. The fourth-order valence-electron chi connectivity index (χ4n) is 8.52. The van der Waals surface area contributed by atoms with Crippen molar-refractivity contribution < 1.29 is 62.8 Å². The van der Waals surface area contributed by atoms with Gasteiger partial charge in [-0.2, -0.15) is 0 Å². The average molecular weight is 948 g/mol. The Morgan fingerprint density at radius 1 is 0.631 bits per heavy atom. The highest BCUT2D eigenvalue weighted by atomic mass is 31.2. The zero-order chi connectivity index (χ0) is 48.0. The summed E-state index contributed by atoms with van der Waals surface area (Å²) in [5.41, 5.74) is 5.35. The molecule has 65 heavy (non-hydrogen) atoms. The Hall–Kier alpha value is -1.90. The third-order valence-electron chi connectivity index (χ3n) is 12.6. The van der Waals surface area contributed by atoms with Crippen molar-refractivity contribution in [2.75, 3.05) is 19.8 Å². The van der Waals surface area contributed by atoms with Crippen molar-refractivity contribution in [3.8, 4) is 0 Å². The van der Waals surface area contributed by atoms with Gasteiger partial charge in [-0.25, -0.2) is 4.57 Å². The van der Waals surface area contributed by atoms with E-state index in [-0.39, 0.29) is 24.7 Å². The van der Waals surface area contributed by atoms with Gasteiger partial charge < -0.3 is 40.5 Å². The second-order valence-corrected chi connectivity index (χ2v) is 20.1. The topological polar surface area (TPSA) is 232 Å². The first-order chi connectivity index (χ1) is 31.3. The number of hydrogen-bond donors (Lipinski definition) is 6. The van der Waals surface area contributed by atoms with Crippen LogP contribution in [0.15, 0.2) is 12.2 Å². The fourth-order valence-corrected chi connectivity index (χ4v) is 9.30. The highest BCUT2D eigenvalue weighted by Gasteiger charge is 2.39. The van der Waals surface area contributed by atoms with Crippen LogP contribution >= 0.6 is 7.82 Å². The number of ether oxygens (including phenoxy) is 2. The maximum absolute atomic E-state index is 12.8. The lowest BCUT2D eigenvalue weighted by Gasteiger charge is -2.21. The molecular weight excluding hydrogens is 854 g/mol. The Morgan fingerprint density at radius 3 is 1.58 bits per heavy atom. The zero-order valence-corrected chi connectivity index (χ0v) is 41.6. The summed E-state index contributed by atoms with van der Waals surface area (Å²) in [6.07, 6.45) is 34.8. The highest BCUT2D eigenvalue weighted by molar-refractivity contribution is 7.47. The second-order valence-electron chi connectivity index (χ2n) is 18.6. The minimum Gasteiger partial charge on any atom is -0.480 e. The van der Waals surface area contributed by atoms with E-state index in [2.05, 4.69) is 18.4 Å². The first-order valence-electron chi connectivity index (χ1n) is 26.0. The zero-order valence-electron chi connectivity index (χ0n) is 40.7. The number of hydrogen-bond acceptors (Lipinski definition) is 12. The van der Waals surface area contributed by atoms with Crippen LogP contribution in [0.25, 0.3) is 0 Å². The minimum absolute atomic E-state index is 0.0384.